The number of hydrogen-bond acceptors (Lipinski definition) is 3. The molecular formula is C19H23N3O2. The number of amides is 1. The van der Waals surface area contributed by atoms with E-state index in [2.05, 4.69) is 22.1 Å². The summed E-state index contributed by atoms with van der Waals surface area (Å²) in [6, 6.07) is 6.16. The van der Waals surface area contributed by atoms with Crippen LogP contribution in [-0.4, -0.2) is 34.4 Å². The van der Waals surface area contributed by atoms with Crippen LogP contribution in [0.3, 0.4) is 0 Å². The molecule has 0 radical (unpaired) electrons. The lowest BCUT2D eigenvalue weighted by atomic mass is 9.88. The summed E-state index contributed by atoms with van der Waals surface area (Å²) >= 11 is 0. The number of methoxy groups -OCH3 is 1. The fraction of sp³-hybridized carbons (Fsp3) is 0.474. The lowest BCUT2D eigenvalue weighted by Gasteiger charge is -2.33. The summed E-state index contributed by atoms with van der Waals surface area (Å²) in [5.74, 6) is 2.21. The van der Waals surface area contributed by atoms with Gasteiger partial charge in [0.05, 0.1) is 12.8 Å². The Morgan fingerprint density at radius 3 is 3.04 bits per heavy atom. The number of rotatable bonds is 2. The molecule has 2 heterocycles. The van der Waals surface area contributed by atoms with Gasteiger partial charge in [-0.15, -0.1) is 0 Å². The second-order valence-corrected chi connectivity index (χ2v) is 6.83. The third-order valence-corrected chi connectivity index (χ3v) is 5.25. The Kier molecular flexibility index (Phi) is 3.79. The molecule has 1 atom stereocenters. The predicted molar refractivity (Wildman–Crippen MR) is 91.0 cm³/mol. The molecule has 0 fully saturated rings. The lowest BCUT2D eigenvalue weighted by molar-refractivity contribution is -0.136. The van der Waals surface area contributed by atoms with Crippen LogP contribution in [-0.2, 0) is 30.6 Å². The van der Waals surface area contributed by atoms with Crippen LogP contribution in [0, 0.1) is 12.8 Å². The lowest BCUT2D eigenvalue weighted by Crippen LogP contribution is -2.41. The average molecular weight is 325 g/mol. The molecule has 1 aromatic heterocycles. The third kappa shape index (κ3) is 2.68. The number of carbonyl (C=O) groups is 1. The monoisotopic (exact) mass is 325 g/mol. The number of H-pyrrole nitrogens is 1. The number of carbonyl (C=O) groups excluding carboxylic acids is 1. The van der Waals surface area contributed by atoms with E-state index in [1.54, 1.807) is 7.11 Å². The second kappa shape index (κ2) is 5.96. The van der Waals surface area contributed by atoms with E-state index in [4.69, 9.17) is 4.74 Å². The first-order chi connectivity index (χ1) is 11.6. The van der Waals surface area contributed by atoms with Crippen molar-refractivity contribution in [3.8, 4) is 5.75 Å². The molecule has 24 heavy (non-hydrogen) atoms. The molecule has 2 aromatic rings. The minimum Gasteiger partial charge on any atom is -0.497 e. The van der Waals surface area contributed by atoms with Gasteiger partial charge in [0.25, 0.3) is 0 Å². The van der Waals surface area contributed by atoms with Crippen molar-refractivity contribution in [3.63, 3.8) is 0 Å². The highest BCUT2D eigenvalue weighted by atomic mass is 16.5. The molecule has 1 aromatic carbocycles. The first-order valence-electron chi connectivity index (χ1n) is 8.63. The number of aryl methyl sites for hydroxylation is 2. The Bertz CT molecular complexity index is 781. The molecular weight excluding hydrogens is 302 g/mol. The van der Waals surface area contributed by atoms with E-state index in [9.17, 15) is 4.79 Å². The second-order valence-electron chi connectivity index (χ2n) is 6.83. The summed E-state index contributed by atoms with van der Waals surface area (Å²) in [6.45, 7) is 3.48. The largest absolute Gasteiger partial charge is 0.497 e. The maximum absolute atomic E-state index is 13.0. The zero-order valence-electron chi connectivity index (χ0n) is 14.3. The number of imidazole rings is 1. The first-order valence-corrected chi connectivity index (χ1v) is 8.63. The summed E-state index contributed by atoms with van der Waals surface area (Å²) < 4.78 is 5.30. The fourth-order valence-corrected chi connectivity index (χ4v) is 3.94. The molecule has 1 N–H and O–H groups in total. The summed E-state index contributed by atoms with van der Waals surface area (Å²) in [5, 5.41) is 0. The number of benzene rings is 1. The van der Waals surface area contributed by atoms with Crippen molar-refractivity contribution in [2.75, 3.05) is 13.7 Å². The van der Waals surface area contributed by atoms with Gasteiger partial charge >= 0.3 is 0 Å². The van der Waals surface area contributed by atoms with Gasteiger partial charge < -0.3 is 14.6 Å². The van der Waals surface area contributed by atoms with Gasteiger partial charge in [-0.05, 0) is 49.4 Å². The van der Waals surface area contributed by atoms with Crippen molar-refractivity contribution in [2.45, 2.75) is 39.2 Å². The molecule has 2 aliphatic rings. The molecule has 5 heteroatoms. The van der Waals surface area contributed by atoms with Crippen molar-refractivity contribution in [1.29, 1.82) is 0 Å². The topological polar surface area (TPSA) is 58.2 Å². The molecule has 4 rings (SSSR count). The number of hydrogen-bond donors (Lipinski definition) is 1. The number of nitrogens with zero attached hydrogens (tertiary/aromatic N) is 2. The number of fused-ring (bicyclic) bond motifs is 2. The Balaban J connectivity index is 1.48. The van der Waals surface area contributed by atoms with Gasteiger partial charge in [0.15, 0.2) is 0 Å². The quantitative estimate of drug-likeness (QED) is 0.922. The number of aromatic nitrogens is 2. The van der Waals surface area contributed by atoms with Gasteiger partial charge in [-0.25, -0.2) is 4.98 Å². The van der Waals surface area contributed by atoms with Crippen molar-refractivity contribution in [1.82, 2.24) is 14.9 Å². The smallest absolute Gasteiger partial charge is 0.226 e. The number of ether oxygens (including phenoxy) is 1. The van der Waals surface area contributed by atoms with E-state index in [-0.39, 0.29) is 11.8 Å². The summed E-state index contributed by atoms with van der Waals surface area (Å²) in [6.07, 6.45) is 3.50. The van der Waals surface area contributed by atoms with Gasteiger partial charge in [0.1, 0.15) is 11.6 Å². The Hall–Kier alpha value is -2.30. The molecule has 1 aliphatic heterocycles. The van der Waals surface area contributed by atoms with E-state index in [0.717, 1.165) is 55.2 Å². The van der Waals surface area contributed by atoms with Gasteiger partial charge in [-0.3, -0.25) is 4.79 Å². The Morgan fingerprint density at radius 1 is 1.33 bits per heavy atom. The molecule has 126 valence electrons. The SMILES string of the molecule is COc1ccc2c(c1)CCN(C(=O)[C@@H]1CCc3nc(C)[nH]c3C1)C2. The zero-order chi connectivity index (χ0) is 16.7. The van der Waals surface area contributed by atoms with Crippen LogP contribution in [0.5, 0.6) is 5.75 Å². The summed E-state index contributed by atoms with van der Waals surface area (Å²) in [7, 11) is 1.69. The van der Waals surface area contributed by atoms with E-state index in [1.807, 2.05) is 17.9 Å². The Morgan fingerprint density at radius 2 is 2.21 bits per heavy atom. The van der Waals surface area contributed by atoms with Crippen LogP contribution in [0.25, 0.3) is 0 Å². The van der Waals surface area contributed by atoms with Crippen molar-refractivity contribution >= 4 is 5.91 Å². The van der Waals surface area contributed by atoms with Crippen LogP contribution in [0.4, 0.5) is 0 Å². The van der Waals surface area contributed by atoms with E-state index >= 15 is 0 Å². The third-order valence-electron chi connectivity index (χ3n) is 5.25. The van der Waals surface area contributed by atoms with Crippen LogP contribution < -0.4 is 4.74 Å². The molecule has 0 spiro atoms. The van der Waals surface area contributed by atoms with Gasteiger partial charge in [-0.2, -0.15) is 0 Å². The average Bonchev–Trinajstić information content (AvgIpc) is 2.99. The Labute approximate surface area is 142 Å². The van der Waals surface area contributed by atoms with Gasteiger partial charge in [0, 0.05) is 31.1 Å². The standard InChI is InChI=1S/C19H23N3O2/c1-12-20-17-6-4-14(10-18(17)21-12)19(23)22-8-7-13-9-16(24-2)5-3-15(13)11-22/h3,5,9,14H,4,6-8,10-11H2,1-2H3,(H,20,21)/t14-/m1/s1. The highest BCUT2D eigenvalue weighted by molar-refractivity contribution is 5.79. The maximum atomic E-state index is 13.0. The maximum Gasteiger partial charge on any atom is 0.226 e. The highest BCUT2D eigenvalue weighted by Crippen LogP contribution is 2.29. The number of aromatic amines is 1. The molecule has 1 aliphatic carbocycles. The minimum absolute atomic E-state index is 0.0807. The van der Waals surface area contributed by atoms with Crippen LogP contribution in [0.15, 0.2) is 18.2 Å². The van der Waals surface area contributed by atoms with E-state index in [1.165, 1.54) is 11.1 Å². The van der Waals surface area contributed by atoms with Gasteiger partial charge in [-0.1, -0.05) is 6.07 Å². The molecule has 0 unspecified atom stereocenters. The normalized spacial score (nSPS) is 19.6. The van der Waals surface area contributed by atoms with E-state index < -0.39 is 0 Å². The molecule has 1 amide bonds. The summed E-state index contributed by atoms with van der Waals surface area (Å²) in [4.78, 5) is 22.8. The predicted octanol–water partition coefficient (Wildman–Crippen LogP) is 2.42. The number of nitrogens with one attached hydrogen (secondary N) is 1. The van der Waals surface area contributed by atoms with E-state index in [0.29, 0.717) is 6.54 Å². The highest BCUT2D eigenvalue weighted by Gasteiger charge is 2.31. The minimum atomic E-state index is 0.0807. The molecule has 0 saturated heterocycles. The molecule has 0 saturated carbocycles. The van der Waals surface area contributed by atoms with Crippen molar-refractivity contribution in [2.24, 2.45) is 5.92 Å². The first kappa shape index (κ1) is 15.2. The fourth-order valence-electron chi connectivity index (χ4n) is 3.94. The van der Waals surface area contributed by atoms with Crippen LogP contribution >= 0.6 is 0 Å². The molecule has 0 bridgehead atoms. The zero-order valence-corrected chi connectivity index (χ0v) is 14.3. The molecule has 5 nitrogen and oxygen atoms in total. The van der Waals surface area contributed by atoms with Crippen LogP contribution in [0.1, 0.15) is 34.8 Å². The van der Waals surface area contributed by atoms with Crippen LogP contribution in [0.2, 0.25) is 0 Å². The summed E-state index contributed by atoms with van der Waals surface area (Å²) in [5.41, 5.74) is 4.84. The van der Waals surface area contributed by atoms with Crippen molar-refractivity contribution < 1.29 is 9.53 Å². The van der Waals surface area contributed by atoms with Crippen molar-refractivity contribution in [3.05, 3.63) is 46.5 Å². The van der Waals surface area contributed by atoms with Gasteiger partial charge in [0.2, 0.25) is 5.91 Å².